The molecule has 2 bridgehead atoms. The van der Waals surface area contributed by atoms with E-state index in [1.807, 2.05) is 6.08 Å². The summed E-state index contributed by atoms with van der Waals surface area (Å²) in [7, 11) is 0. The van der Waals surface area contributed by atoms with Crippen molar-refractivity contribution < 1.29 is 14.3 Å². The maximum absolute atomic E-state index is 12.6. The Morgan fingerprint density at radius 1 is 1.47 bits per heavy atom. The number of ether oxygens (including phenoxy) is 1. The number of hydrogen-bond donors (Lipinski definition) is 0. The minimum atomic E-state index is -0.336. The summed E-state index contributed by atoms with van der Waals surface area (Å²) in [5, 5.41) is 0. The Morgan fingerprint density at radius 3 is 2.58 bits per heavy atom. The summed E-state index contributed by atoms with van der Waals surface area (Å²) in [5.74, 6) is -0.0436. The van der Waals surface area contributed by atoms with E-state index in [1.165, 1.54) is 0 Å². The number of esters is 1. The molecular weight excluding hydrogens is 240 g/mol. The molecule has 0 aromatic carbocycles. The van der Waals surface area contributed by atoms with Crippen molar-refractivity contribution in [1.29, 1.82) is 0 Å². The standard InChI is InChI=1S/C16H24O3/c1-6-19-14(18)10(2)9-11-12-7-8-16(5,13(11)17)15(12,3)4/h9-10,12H,6-8H2,1-5H3/b11-9-/t10-,12+,16+/m0/s1. The molecule has 2 rings (SSSR count). The minimum absolute atomic E-state index is 0.00426. The lowest BCUT2D eigenvalue weighted by Gasteiger charge is -2.31. The van der Waals surface area contributed by atoms with Crippen molar-refractivity contribution in [3.8, 4) is 0 Å². The molecule has 0 unspecified atom stereocenters. The number of allylic oxidation sites excluding steroid dienone is 1. The van der Waals surface area contributed by atoms with Crippen molar-refractivity contribution in [2.75, 3.05) is 6.61 Å². The predicted molar refractivity (Wildman–Crippen MR) is 73.5 cm³/mol. The zero-order valence-electron chi connectivity index (χ0n) is 12.6. The van der Waals surface area contributed by atoms with Crippen molar-refractivity contribution in [2.24, 2.45) is 22.7 Å². The normalized spacial score (nSPS) is 35.7. The van der Waals surface area contributed by atoms with Crippen molar-refractivity contribution in [1.82, 2.24) is 0 Å². The van der Waals surface area contributed by atoms with E-state index >= 15 is 0 Å². The molecule has 3 heteroatoms. The van der Waals surface area contributed by atoms with Crippen LogP contribution in [0.1, 0.15) is 47.5 Å². The van der Waals surface area contributed by atoms with Gasteiger partial charge in [0.1, 0.15) is 0 Å². The van der Waals surface area contributed by atoms with E-state index in [-0.39, 0.29) is 28.5 Å². The molecule has 2 aliphatic rings. The van der Waals surface area contributed by atoms with Crippen LogP contribution in [0.5, 0.6) is 0 Å². The number of ketones is 1. The fourth-order valence-electron chi connectivity index (χ4n) is 3.73. The summed E-state index contributed by atoms with van der Waals surface area (Å²) < 4.78 is 5.01. The molecule has 0 saturated heterocycles. The van der Waals surface area contributed by atoms with Gasteiger partial charge in [-0.2, -0.15) is 0 Å². The Hall–Kier alpha value is -1.12. The van der Waals surface area contributed by atoms with Crippen LogP contribution >= 0.6 is 0 Å². The van der Waals surface area contributed by atoms with E-state index in [4.69, 9.17) is 4.74 Å². The quantitative estimate of drug-likeness (QED) is 0.581. The van der Waals surface area contributed by atoms with E-state index in [1.54, 1.807) is 13.8 Å². The molecule has 0 aromatic rings. The molecule has 0 aromatic heterocycles. The predicted octanol–water partition coefficient (Wildman–Crippen LogP) is 3.14. The van der Waals surface area contributed by atoms with Gasteiger partial charge >= 0.3 is 5.97 Å². The average Bonchev–Trinajstić information content (AvgIpc) is 2.64. The van der Waals surface area contributed by atoms with Gasteiger partial charge in [-0.05, 0) is 43.6 Å². The number of carbonyl (C=O) groups is 2. The third-order valence-corrected chi connectivity index (χ3v) is 5.45. The first-order valence-corrected chi connectivity index (χ1v) is 7.19. The monoisotopic (exact) mass is 264 g/mol. The first kappa shape index (κ1) is 14.3. The molecule has 3 atom stereocenters. The van der Waals surface area contributed by atoms with Gasteiger partial charge in [0.05, 0.1) is 12.5 Å². The van der Waals surface area contributed by atoms with Gasteiger partial charge in [0.2, 0.25) is 0 Å². The number of fused-ring (bicyclic) bond motifs is 2. The molecular formula is C16H24O3. The number of carbonyl (C=O) groups excluding carboxylic acids is 2. The van der Waals surface area contributed by atoms with Gasteiger partial charge in [0, 0.05) is 5.41 Å². The molecule has 3 nitrogen and oxygen atoms in total. The van der Waals surface area contributed by atoms with Gasteiger partial charge in [-0.3, -0.25) is 9.59 Å². The SMILES string of the molecule is CCOC(=O)[C@@H](C)/C=C1\C(=O)[C@@]2(C)CC[C@H]1C2(C)C. The van der Waals surface area contributed by atoms with Crippen LogP contribution < -0.4 is 0 Å². The highest BCUT2D eigenvalue weighted by Crippen LogP contribution is 2.65. The van der Waals surface area contributed by atoms with Crippen LogP contribution in [0.2, 0.25) is 0 Å². The highest BCUT2D eigenvalue weighted by Gasteiger charge is 2.63. The van der Waals surface area contributed by atoms with Crippen LogP contribution in [0.25, 0.3) is 0 Å². The van der Waals surface area contributed by atoms with E-state index in [9.17, 15) is 9.59 Å². The number of Topliss-reactive ketones (excluding diaryl/α,β-unsaturated/α-hetero) is 1. The van der Waals surface area contributed by atoms with E-state index in [0.717, 1.165) is 18.4 Å². The second-order valence-electron chi connectivity index (χ2n) is 6.64. The minimum Gasteiger partial charge on any atom is -0.466 e. The highest BCUT2D eigenvalue weighted by atomic mass is 16.5. The molecule has 0 spiro atoms. The Balaban J connectivity index is 2.28. The fraction of sp³-hybridized carbons (Fsp3) is 0.750. The third-order valence-electron chi connectivity index (χ3n) is 5.45. The van der Waals surface area contributed by atoms with Gasteiger partial charge in [-0.1, -0.05) is 26.8 Å². The summed E-state index contributed by atoms with van der Waals surface area (Å²) in [6.07, 6.45) is 3.86. The second kappa shape index (κ2) is 4.46. The lowest BCUT2D eigenvalue weighted by Crippen LogP contribution is -2.32. The number of rotatable bonds is 3. The molecule has 0 radical (unpaired) electrons. The summed E-state index contributed by atoms with van der Waals surface area (Å²) in [4.78, 5) is 24.3. The van der Waals surface area contributed by atoms with Crippen LogP contribution in [0.4, 0.5) is 0 Å². The Labute approximate surface area is 115 Å². The molecule has 0 N–H and O–H groups in total. The highest BCUT2D eigenvalue weighted by molar-refractivity contribution is 6.05. The number of hydrogen-bond acceptors (Lipinski definition) is 3. The largest absolute Gasteiger partial charge is 0.466 e. The van der Waals surface area contributed by atoms with E-state index in [2.05, 4.69) is 20.8 Å². The van der Waals surface area contributed by atoms with Crippen LogP contribution in [0, 0.1) is 22.7 Å². The third kappa shape index (κ3) is 1.86. The second-order valence-corrected chi connectivity index (χ2v) is 6.64. The zero-order valence-corrected chi connectivity index (χ0v) is 12.6. The zero-order chi connectivity index (χ0) is 14.4. The maximum Gasteiger partial charge on any atom is 0.312 e. The van der Waals surface area contributed by atoms with Gasteiger partial charge in [-0.15, -0.1) is 0 Å². The first-order chi connectivity index (χ1) is 8.75. The van der Waals surface area contributed by atoms with Gasteiger partial charge in [0.25, 0.3) is 0 Å². The molecule has 2 fully saturated rings. The smallest absolute Gasteiger partial charge is 0.312 e. The first-order valence-electron chi connectivity index (χ1n) is 7.19. The topological polar surface area (TPSA) is 43.4 Å². The van der Waals surface area contributed by atoms with Crippen LogP contribution in [0.15, 0.2) is 11.6 Å². The van der Waals surface area contributed by atoms with Crippen molar-refractivity contribution in [3.05, 3.63) is 11.6 Å². The average molecular weight is 264 g/mol. The van der Waals surface area contributed by atoms with Crippen LogP contribution in [-0.2, 0) is 14.3 Å². The van der Waals surface area contributed by atoms with E-state index in [0.29, 0.717) is 12.5 Å². The Kier molecular flexibility index (Phi) is 3.36. The Morgan fingerprint density at radius 2 is 2.11 bits per heavy atom. The lowest BCUT2D eigenvalue weighted by molar-refractivity contribution is -0.145. The maximum atomic E-state index is 12.6. The van der Waals surface area contributed by atoms with Crippen LogP contribution in [-0.4, -0.2) is 18.4 Å². The molecule has 106 valence electrons. The molecule has 19 heavy (non-hydrogen) atoms. The summed E-state index contributed by atoms with van der Waals surface area (Å²) in [6.45, 7) is 10.4. The summed E-state index contributed by atoms with van der Waals surface area (Å²) in [6, 6.07) is 0. The fourth-order valence-corrected chi connectivity index (χ4v) is 3.73. The van der Waals surface area contributed by atoms with Crippen molar-refractivity contribution in [3.63, 3.8) is 0 Å². The van der Waals surface area contributed by atoms with E-state index < -0.39 is 0 Å². The summed E-state index contributed by atoms with van der Waals surface area (Å²) >= 11 is 0. The molecule has 2 saturated carbocycles. The van der Waals surface area contributed by atoms with Gasteiger partial charge < -0.3 is 4.74 Å². The van der Waals surface area contributed by atoms with Crippen molar-refractivity contribution >= 4 is 11.8 Å². The molecule has 2 aliphatic carbocycles. The van der Waals surface area contributed by atoms with Gasteiger partial charge in [-0.25, -0.2) is 0 Å². The molecule has 0 aliphatic heterocycles. The molecule has 0 amide bonds. The van der Waals surface area contributed by atoms with Gasteiger partial charge in [0.15, 0.2) is 5.78 Å². The summed E-state index contributed by atoms with van der Waals surface area (Å²) in [5.41, 5.74) is 0.613. The molecule has 0 heterocycles. The lowest BCUT2D eigenvalue weighted by atomic mass is 9.70. The Bertz CT molecular complexity index is 447. The van der Waals surface area contributed by atoms with Crippen molar-refractivity contribution in [2.45, 2.75) is 47.5 Å². The van der Waals surface area contributed by atoms with Crippen LogP contribution in [0.3, 0.4) is 0 Å².